The van der Waals surface area contributed by atoms with Gasteiger partial charge in [-0.1, -0.05) is 18.2 Å². The number of hydrogen-bond acceptors (Lipinski definition) is 4. The highest BCUT2D eigenvalue weighted by atomic mass is 16.6. The average molecular weight is 317 g/mol. The quantitative estimate of drug-likeness (QED) is 0.854. The molecule has 1 aromatic heterocycles. The number of rotatable bonds is 2. The van der Waals surface area contributed by atoms with Crippen LogP contribution >= 0.6 is 0 Å². The maximum atomic E-state index is 12.2. The minimum Gasteiger partial charge on any atom is -0.444 e. The van der Waals surface area contributed by atoms with Gasteiger partial charge in [-0.15, -0.1) is 0 Å². The molecule has 1 amide bonds. The van der Waals surface area contributed by atoms with Gasteiger partial charge in [-0.2, -0.15) is 5.10 Å². The topological polar surface area (TPSA) is 56.6 Å². The number of amides is 1. The number of hydrogen-bond donors (Lipinski definition) is 0. The van der Waals surface area contributed by atoms with Gasteiger partial charge in [0.2, 0.25) is 0 Å². The number of benzene rings is 1. The van der Waals surface area contributed by atoms with Crippen molar-refractivity contribution >= 4 is 17.0 Å². The molecule has 0 radical (unpaired) electrons. The Balaban J connectivity index is 1.82. The summed E-state index contributed by atoms with van der Waals surface area (Å²) in [4.78, 5) is 13.7. The van der Waals surface area contributed by atoms with Crippen molar-refractivity contribution in [3.05, 3.63) is 30.0 Å². The number of likely N-dealkylation sites (N-methyl/N-ethyl adjacent to an activating group) is 1. The van der Waals surface area contributed by atoms with Gasteiger partial charge in [0, 0.05) is 12.4 Å². The molecule has 0 saturated carbocycles. The Kier molecular flexibility index (Phi) is 4.02. The average Bonchev–Trinajstić information content (AvgIpc) is 2.84. The number of fused-ring (bicyclic) bond motifs is 3. The summed E-state index contributed by atoms with van der Waals surface area (Å²) in [6, 6.07) is 8.01. The van der Waals surface area contributed by atoms with Crippen molar-refractivity contribution in [2.24, 2.45) is 0 Å². The molecule has 6 nitrogen and oxygen atoms in total. The van der Waals surface area contributed by atoms with E-state index in [1.54, 1.807) is 11.9 Å². The van der Waals surface area contributed by atoms with Gasteiger partial charge >= 0.3 is 6.09 Å². The van der Waals surface area contributed by atoms with Crippen LogP contribution in [-0.4, -0.2) is 46.6 Å². The molecule has 0 aliphatic carbocycles. The molecule has 0 spiro atoms. The number of nitrogens with zero attached hydrogens (tertiary/aromatic N) is 3. The predicted octanol–water partition coefficient (Wildman–Crippen LogP) is 2.97. The van der Waals surface area contributed by atoms with E-state index in [9.17, 15) is 4.79 Å². The first-order chi connectivity index (χ1) is 10.8. The van der Waals surface area contributed by atoms with Crippen molar-refractivity contribution in [3.8, 4) is 0 Å². The van der Waals surface area contributed by atoms with E-state index in [4.69, 9.17) is 9.47 Å². The van der Waals surface area contributed by atoms with E-state index in [-0.39, 0.29) is 12.2 Å². The summed E-state index contributed by atoms with van der Waals surface area (Å²) in [7, 11) is 1.73. The maximum absolute atomic E-state index is 12.2. The van der Waals surface area contributed by atoms with Crippen molar-refractivity contribution in [2.75, 3.05) is 20.2 Å². The third-order valence-electron chi connectivity index (χ3n) is 3.76. The molecule has 1 aliphatic rings. The summed E-state index contributed by atoms with van der Waals surface area (Å²) in [5.41, 5.74) is 1.48. The van der Waals surface area contributed by atoms with Crippen LogP contribution in [0.25, 0.3) is 10.9 Å². The molecule has 0 bridgehead atoms. The second kappa shape index (κ2) is 5.85. The van der Waals surface area contributed by atoms with Gasteiger partial charge in [-0.25, -0.2) is 4.79 Å². The van der Waals surface area contributed by atoms with E-state index in [2.05, 4.69) is 5.10 Å². The van der Waals surface area contributed by atoms with Gasteiger partial charge in [-0.05, 0) is 26.8 Å². The summed E-state index contributed by atoms with van der Waals surface area (Å²) < 4.78 is 13.3. The summed E-state index contributed by atoms with van der Waals surface area (Å²) in [6.45, 7) is 7.34. The van der Waals surface area contributed by atoms with Crippen molar-refractivity contribution in [3.63, 3.8) is 0 Å². The van der Waals surface area contributed by atoms with Crippen LogP contribution in [-0.2, 0) is 16.0 Å². The summed E-state index contributed by atoms with van der Waals surface area (Å²) in [5.74, 6) is 0. The van der Waals surface area contributed by atoms with Crippen molar-refractivity contribution < 1.29 is 14.3 Å². The zero-order valence-corrected chi connectivity index (χ0v) is 14.1. The molecule has 124 valence electrons. The SMILES string of the molecule is CN(C[C@@H]1OCCn2nc3ccccc3c21)C(=O)OC(C)(C)C. The molecule has 1 aromatic carbocycles. The van der Waals surface area contributed by atoms with E-state index in [0.29, 0.717) is 13.2 Å². The molecule has 1 atom stereocenters. The summed E-state index contributed by atoms with van der Waals surface area (Å²) >= 11 is 0. The van der Waals surface area contributed by atoms with Gasteiger partial charge in [0.05, 0.1) is 30.9 Å². The number of carbonyl (C=O) groups is 1. The zero-order chi connectivity index (χ0) is 16.6. The maximum Gasteiger partial charge on any atom is 0.410 e. The Hall–Kier alpha value is -2.08. The summed E-state index contributed by atoms with van der Waals surface area (Å²) in [5, 5.41) is 5.70. The van der Waals surface area contributed by atoms with E-state index in [0.717, 1.165) is 23.1 Å². The van der Waals surface area contributed by atoms with Crippen molar-refractivity contribution in [1.82, 2.24) is 14.7 Å². The van der Waals surface area contributed by atoms with Gasteiger partial charge in [0.15, 0.2) is 0 Å². The first-order valence-electron chi connectivity index (χ1n) is 7.86. The Labute approximate surface area is 136 Å². The fourth-order valence-corrected chi connectivity index (χ4v) is 2.77. The second-order valence-corrected chi connectivity index (χ2v) is 6.85. The van der Waals surface area contributed by atoms with E-state index in [1.165, 1.54) is 0 Å². The van der Waals surface area contributed by atoms with Crippen LogP contribution in [0.15, 0.2) is 24.3 Å². The largest absolute Gasteiger partial charge is 0.444 e. The smallest absolute Gasteiger partial charge is 0.410 e. The molecule has 0 unspecified atom stereocenters. The fraction of sp³-hybridized carbons (Fsp3) is 0.529. The number of aromatic nitrogens is 2. The lowest BCUT2D eigenvalue weighted by Crippen LogP contribution is -2.38. The van der Waals surface area contributed by atoms with Crippen LogP contribution in [0.2, 0.25) is 0 Å². The molecule has 0 saturated heterocycles. The van der Waals surface area contributed by atoms with Crippen LogP contribution in [0.3, 0.4) is 0 Å². The van der Waals surface area contributed by atoms with Gasteiger partial charge < -0.3 is 14.4 Å². The monoisotopic (exact) mass is 317 g/mol. The molecular formula is C17H23N3O3. The molecule has 0 N–H and O–H groups in total. The van der Waals surface area contributed by atoms with E-state index in [1.807, 2.05) is 49.7 Å². The highest BCUT2D eigenvalue weighted by Gasteiger charge is 2.29. The molecule has 0 fully saturated rings. The lowest BCUT2D eigenvalue weighted by atomic mass is 10.1. The van der Waals surface area contributed by atoms with Crippen LogP contribution in [0.4, 0.5) is 4.79 Å². The summed E-state index contributed by atoms with van der Waals surface area (Å²) in [6.07, 6.45) is -0.546. The van der Waals surface area contributed by atoms with Gasteiger partial charge in [0.25, 0.3) is 0 Å². The van der Waals surface area contributed by atoms with Crippen LogP contribution < -0.4 is 0 Å². The molecule has 23 heavy (non-hydrogen) atoms. The standard InChI is InChI=1S/C17H23N3O3/c1-17(2,3)23-16(21)19(4)11-14-15-12-7-5-6-8-13(12)18-20(15)9-10-22-14/h5-8,14H,9-11H2,1-4H3/t14-/m0/s1. The zero-order valence-electron chi connectivity index (χ0n) is 14.1. The first-order valence-corrected chi connectivity index (χ1v) is 7.86. The molecule has 2 heterocycles. The molecule has 6 heteroatoms. The minimum atomic E-state index is -0.507. The molecule has 3 rings (SSSR count). The van der Waals surface area contributed by atoms with Crippen LogP contribution in [0.5, 0.6) is 0 Å². The van der Waals surface area contributed by atoms with Gasteiger partial charge in [-0.3, -0.25) is 4.68 Å². The predicted molar refractivity (Wildman–Crippen MR) is 87.3 cm³/mol. The second-order valence-electron chi connectivity index (χ2n) is 6.85. The molecule has 2 aromatic rings. The lowest BCUT2D eigenvalue weighted by molar-refractivity contribution is -0.0136. The third-order valence-corrected chi connectivity index (χ3v) is 3.76. The Bertz CT molecular complexity index is 717. The molecular weight excluding hydrogens is 294 g/mol. The Morgan fingerprint density at radius 2 is 2.17 bits per heavy atom. The first kappa shape index (κ1) is 15.8. The van der Waals surface area contributed by atoms with Crippen molar-refractivity contribution in [2.45, 2.75) is 39.0 Å². The van der Waals surface area contributed by atoms with Crippen LogP contribution in [0, 0.1) is 0 Å². The number of carbonyl (C=O) groups excluding carboxylic acids is 1. The molecule has 1 aliphatic heterocycles. The minimum absolute atomic E-state index is 0.200. The van der Waals surface area contributed by atoms with Crippen molar-refractivity contribution in [1.29, 1.82) is 0 Å². The Morgan fingerprint density at radius 3 is 2.91 bits per heavy atom. The van der Waals surface area contributed by atoms with Crippen LogP contribution in [0.1, 0.15) is 32.6 Å². The third kappa shape index (κ3) is 3.32. The van der Waals surface area contributed by atoms with E-state index < -0.39 is 5.60 Å². The normalized spacial score (nSPS) is 17.8. The Morgan fingerprint density at radius 1 is 1.43 bits per heavy atom. The van der Waals surface area contributed by atoms with Gasteiger partial charge in [0.1, 0.15) is 11.7 Å². The highest BCUT2D eigenvalue weighted by molar-refractivity contribution is 5.82. The van der Waals surface area contributed by atoms with E-state index >= 15 is 0 Å². The highest BCUT2D eigenvalue weighted by Crippen LogP contribution is 2.30. The fourth-order valence-electron chi connectivity index (χ4n) is 2.77. The lowest BCUT2D eigenvalue weighted by Gasteiger charge is -2.30. The number of ether oxygens (including phenoxy) is 2.